The topological polar surface area (TPSA) is 80.5 Å². The highest BCUT2D eigenvalue weighted by molar-refractivity contribution is 8.32. The number of carboxylic acids is 1. The van der Waals surface area contributed by atoms with E-state index in [-0.39, 0.29) is 11.3 Å². The molecule has 0 bridgehead atoms. The highest BCUT2D eigenvalue weighted by atomic mass is 32.3. The summed E-state index contributed by atoms with van der Waals surface area (Å²) in [5.41, 5.74) is 0.806. The lowest BCUT2D eigenvalue weighted by Crippen LogP contribution is -2.45. The van der Waals surface area contributed by atoms with Gasteiger partial charge in [0, 0.05) is 30.5 Å². The molecule has 1 aliphatic heterocycles. The Hall–Kier alpha value is -1.80. The number of fused-ring (bicyclic) bond motifs is 1. The summed E-state index contributed by atoms with van der Waals surface area (Å²) >= 11 is 0. The van der Waals surface area contributed by atoms with Crippen LogP contribution in [-0.4, -0.2) is 69.8 Å². The highest BCUT2D eigenvalue weighted by Crippen LogP contribution is 2.56. The molecule has 2 aromatic rings. The second-order valence-electron chi connectivity index (χ2n) is 9.02. The lowest BCUT2D eigenvalue weighted by Gasteiger charge is -2.38. The van der Waals surface area contributed by atoms with Gasteiger partial charge >= 0.3 is 5.97 Å². The first kappa shape index (κ1) is 19.5. The largest absolute Gasteiger partial charge is 0.481 e. The van der Waals surface area contributed by atoms with Crippen LogP contribution in [0.2, 0.25) is 0 Å². The number of aromatic nitrogens is 3. The van der Waals surface area contributed by atoms with Crippen molar-refractivity contribution in [3.63, 3.8) is 0 Å². The van der Waals surface area contributed by atoms with Crippen molar-refractivity contribution in [2.75, 3.05) is 49.1 Å². The van der Waals surface area contributed by atoms with Gasteiger partial charge in [-0.15, -0.1) is 0 Å². The van der Waals surface area contributed by atoms with Gasteiger partial charge in [0.05, 0.1) is 17.9 Å². The number of carboxylic acid groups (broad SMARTS) is 1. The van der Waals surface area contributed by atoms with Crippen molar-refractivity contribution in [1.82, 2.24) is 14.5 Å². The smallest absolute Gasteiger partial charge is 0.307 e. The van der Waals surface area contributed by atoms with Crippen molar-refractivity contribution in [2.45, 2.75) is 26.0 Å². The minimum absolute atomic E-state index is 0.0671. The average molecular weight is 407 g/mol. The van der Waals surface area contributed by atoms with Crippen LogP contribution in [-0.2, 0) is 16.3 Å². The molecule has 2 fully saturated rings. The molecule has 2 aromatic heterocycles. The van der Waals surface area contributed by atoms with E-state index in [1.807, 2.05) is 16.8 Å². The second-order valence-corrected chi connectivity index (χ2v) is 13.6. The SMILES string of the molecule is CS(C)(C)CCOCn1ccc2c(N3CC[C@H](C(=O)O)C4(CC4)C3)ncnc21. The highest BCUT2D eigenvalue weighted by Gasteiger charge is 2.55. The van der Waals surface area contributed by atoms with Crippen LogP contribution in [0.5, 0.6) is 0 Å². The van der Waals surface area contributed by atoms with Gasteiger partial charge in [-0.05, 0) is 44.1 Å². The number of hydrogen-bond acceptors (Lipinski definition) is 5. The van der Waals surface area contributed by atoms with Gasteiger partial charge in [-0.2, -0.15) is 0 Å². The molecule has 0 radical (unpaired) electrons. The maximum atomic E-state index is 11.6. The third-order valence-corrected chi connectivity index (χ3v) is 7.42. The molecule has 2 aliphatic rings. The standard InChI is InChI=1S/C20H30N4O3S/c1-28(2,3)11-10-27-14-24-8-4-15-17(21-13-22-18(15)24)23-9-5-16(19(25)26)20(12-23)6-7-20/h4,8,13,16H,5-7,9-12,14H2,1-3H3,(H,25,26)/t16-/m1/s1. The summed E-state index contributed by atoms with van der Waals surface area (Å²) in [4.78, 5) is 22.9. The first-order chi connectivity index (χ1) is 13.3. The van der Waals surface area contributed by atoms with Crippen molar-refractivity contribution in [1.29, 1.82) is 0 Å². The minimum atomic E-state index is -0.648. The molecule has 1 spiro atoms. The van der Waals surface area contributed by atoms with Gasteiger partial charge < -0.3 is 19.3 Å². The number of rotatable bonds is 7. The molecule has 4 rings (SSSR count). The molecule has 28 heavy (non-hydrogen) atoms. The Morgan fingerprint density at radius 3 is 2.82 bits per heavy atom. The molecule has 1 saturated heterocycles. The van der Waals surface area contributed by atoms with Gasteiger partial charge in [-0.1, -0.05) is 0 Å². The number of aliphatic carboxylic acids is 1. The molecule has 0 unspecified atom stereocenters. The monoisotopic (exact) mass is 406 g/mol. The fraction of sp³-hybridized carbons (Fsp3) is 0.650. The number of ether oxygens (including phenoxy) is 1. The van der Waals surface area contributed by atoms with Gasteiger partial charge in [0.1, 0.15) is 24.5 Å². The lowest BCUT2D eigenvalue weighted by molar-refractivity contribution is -0.144. The van der Waals surface area contributed by atoms with E-state index in [0.29, 0.717) is 13.2 Å². The lowest BCUT2D eigenvalue weighted by atomic mass is 9.82. The normalized spacial score (nSPS) is 22.0. The summed E-state index contributed by atoms with van der Waals surface area (Å²) in [5, 5.41) is 10.6. The van der Waals surface area contributed by atoms with Crippen LogP contribution < -0.4 is 4.90 Å². The third-order valence-electron chi connectivity index (χ3n) is 6.03. The summed E-state index contributed by atoms with van der Waals surface area (Å²) < 4.78 is 7.90. The van der Waals surface area contributed by atoms with Crippen molar-refractivity contribution >= 4 is 32.8 Å². The Bertz CT molecular complexity index is 872. The molecule has 1 aliphatic carbocycles. The molecule has 0 amide bonds. The van der Waals surface area contributed by atoms with Gasteiger partial charge in [0.15, 0.2) is 0 Å². The molecule has 0 aromatic carbocycles. The quantitative estimate of drug-likeness (QED) is 0.712. The molecular formula is C20H30N4O3S. The Kier molecular flexibility index (Phi) is 5.03. The van der Waals surface area contributed by atoms with E-state index in [0.717, 1.165) is 55.1 Å². The maximum Gasteiger partial charge on any atom is 0.307 e. The molecule has 3 heterocycles. The summed E-state index contributed by atoms with van der Waals surface area (Å²) in [6.07, 6.45) is 13.2. The summed E-state index contributed by atoms with van der Waals surface area (Å²) in [5.74, 6) is 1.14. The predicted octanol–water partition coefficient (Wildman–Crippen LogP) is 2.79. The molecule has 1 N–H and O–H groups in total. The first-order valence-electron chi connectivity index (χ1n) is 9.80. The maximum absolute atomic E-state index is 11.6. The van der Waals surface area contributed by atoms with E-state index in [2.05, 4.69) is 33.6 Å². The zero-order chi connectivity index (χ0) is 19.9. The Balaban J connectivity index is 1.49. The summed E-state index contributed by atoms with van der Waals surface area (Å²) in [7, 11) is -0.553. The third kappa shape index (κ3) is 3.85. The second kappa shape index (κ2) is 7.22. The van der Waals surface area contributed by atoms with Crippen LogP contribution in [0.25, 0.3) is 11.0 Å². The van der Waals surface area contributed by atoms with E-state index in [1.54, 1.807) is 6.33 Å². The number of nitrogens with zero attached hydrogens (tertiary/aromatic N) is 4. The molecule has 8 heteroatoms. The Labute approximate surface area is 167 Å². The number of carbonyl (C=O) groups is 1. The van der Waals surface area contributed by atoms with Crippen molar-refractivity contribution in [3.8, 4) is 0 Å². The van der Waals surface area contributed by atoms with Crippen molar-refractivity contribution in [2.24, 2.45) is 11.3 Å². The fourth-order valence-electron chi connectivity index (χ4n) is 4.21. The van der Waals surface area contributed by atoms with E-state index in [9.17, 15) is 9.90 Å². The van der Waals surface area contributed by atoms with E-state index >= 15 is 0 Å². The fourth-order valence-corrected chi connectivity index (χ4v) is 4.83. The molecule has 154 valence electrons. The summed E-state index contributed by atoms with van der Waals surface area (Å²) in [6.45, 7) is 2.73. The molecule has 1 saturated carbocycles. The van der Waals surface area contributed by atoms with Crippen molar-refractivity contribution in [3.05, 3.63) is 18.6 Å². The van der Waals surface area contributed by atoms with E-state index in [1.165, 1.54) is 0 Å². The van der Waals surface area contributed by atoms with Gasteiger partial charge in [-0.25, -0.2) is 20.0 Å². The van der Waals surface area contributed by atoms with Crippen LogP contribution in [0.1, 0.15) is 19.3 Å². The summed E-state index contributed by atoms with van der Waals surface area (Å²) in [6, 6.07) is 2.05. The number of hydrogen-bond donors (Lipinski definition) is 1. The van der Waals surface area contributed by atoms with E-state index in [4.69, 9.17) is 4.74 Å². The number of piperidine rings is 1. The first-order valence-corrected chi connectivity index (χ1v) is 12.8. The molecular weight excluding hydrogens is 376 g/mol. The van der Waals surface area contributed by atoms with Crippen LogP contribution in [0.4, 0.5) is 5.82 Å². The molecule has 1 atom stereocenters. The molecule has 7 nitrogen and oxygen atoms in total. The van der Waals surface area contributed by atoms with Gasteiger partial charge in [0.25, 0.3) is 0 Å². The van der Waals surface area contributed by atoms with Crippen LogP contribution in [0.15, 0.2) is 18.6 Å². The number of anilines is 1. The average Bonchev–Trinajstić information content (AvgIpc) is 3.25. The Morgan fingerprint density at radius 2 is 2.14 bits per heavy atom. The van der Waals surface area contributed by atoms with Crippen LogP contribution in [0.3, 0.4) is 0 Å². The predicted molar refractivity (Wildman–Crippen MR) is 113 cm³/mol. The van der Waals surface area contributed by atoms with Crippen molar-refractivity contribution < 1.29 is 14.6 Å². The minimum Gasteiger partial charge on any atom is -0.481 e. The van der Waals surface area contributed by atoms with Crippen LogP contribution in [0, 0.1) is 11.3 Å². The van der Waals surface area contributed by atoms with Gasteiger partial charge in [-0.3, -0.25) is 4.79 Å². The van der Waals surface area contributed by atoms with Gasteiger partial charge in [0.2, 0.25) is 0 Å². The van der Waals surface area contributed by atoms with E-state index < -0.39 is 16.0 Å². The zero-order valence-corrected chi connectivity index (χ0v) is 17.7. The zero-order valence-electron chi connectivity index (χ0n) is 16.9. The van der Waals surface area contributed by atoms with Crippen LogP contribution >= 0.6 is 10.0 Å². The Morgan fingerprint density at radius 1 is 1.36 bits per heavy atom.